The molecule has 11 rings (SSSR count). The molecule has 0 fully saturated rings. The number of hydrogen-bond acceptors (Lipinski definition) is 1. The van der Waals surface area contributed by atoms with Gasteiger partial charge in [0.2, 0.25) is 0 Å². The molecule has 2 nitrogen and oxygen atoms in total. The van der Waals surface area contributed by atoms with Gasteiger partial charge in [-0.3, -0.25) is 0 Å². The van der Waals surface area contributed by atoms with E-state index in [9.17, 15) is 0 Å². The smallest absolute Gasteiger partial charge is 0.0547 e. The molecule has 2 heteroatoms. The van der Waals surface area contributed by atoms with Crippen LogP contribution in [0.15, 0.2) is 194 Å². The van der Waals surface area contributed by atoms with Crippen molar-refractivity contribution in [2.45, 2.75) is 19.3 Å². The molecule has 0 saturated carbocycles. The van der Waals surface area contributed by atoms with Crippen LogP contribution in [0.1, 0.15) is 36.1 Å². The highest BCUT2D eigenvalue weighted by Crippen LogP contribution is 2.51. The number of rotatable bonds is 7. The molecule has 1 aliphatic rings. The summed E-state index contributed by atoms with van der Waals surface area (Å²) in [6, 6.07) is 70.8. The first-order valence-electron chi connectivity index (χ1n) is 19.8. The Hall–Kier alpha value is -7.16. The second kappa shape index (κ2) is 13.0. The Labute approximate surface area is 333 Å². The first kappa shape index (κ1) is 33.2. The van der Waals surface area contributed by atoms with Gasteiger partial charge >= 0.3 is 0 Å². The lowest BCUT2D eigenvalue weighted by molar-refractivity contribution is 0.660. The average Bonchev–Trinajstić information content (AvgIpc) is 3.72. The lowest BCUT2D eigenvalue weighted by atomic mass is 9.81. The van der Waals surface area contributed by atoms with E-state index in [2.05, 4.69) is 230 Å². The summed E-state index contributed by atoms with van der Waals surface area (Å²) >= 11 is 0. The van der Waals surface area contributed by atoms with Crippen LogP contribution in [0.3, 0.4) is 0 Å². The molecule has 9 aromatic carbocycles. The van der Waals surface area contributed by atoms with Gasteiger partial charge < -0.3 is 9.47 Å². The number of fused-ring (bicyclic) bond motifs is 3. The van der Waals surface area contributed by atoms with Crippen molar-refractivity contribution in [1.82, 2.24) is 4.57 Å². The van der Waals surface area contributed by atoms with Gasteiger partial charge in [-0.25, -0.2) is 0 Å². The Morgan fingerprint density at radius 1 is 0.439 bits per heavy atom. The predicted octanol–water partition coefficient (Wildman–Crippen LogP) is 15.0. The van der Waals surface area contributed by atoms with Crippen LogP contribution in [0, 0.1) is 0 Å². The van der Waals surface area contributed by atoms with Crippen molar-refractivity contribution >= 4 is 61.8 Å². The quantitative estimate of drug-likeness (QED) is 0.117. The third-order valence-electron chi connectivity index (χ3n) is 12.1. The Morgan fingerprint density at radius 3 is 1.75 bits per heavy atom. The summed E-state index contributed by atoms with van der Waals surface area (Å²) < 4.78 is 2.41. The van der Waals surface area contributed by atoms with E-state index in [0.29, 0.717) is 0 Å². The normalized spacial score (nSPS) is 13.2. The van der Waals surface area contributed by atoms with Gasteiger partial charge in [0.1, 0.15) is 0 Å². The average molecular weight is 729 g/mol. The minimum Gasteiger partial charge on any atom is -0.310 e. The van der Waals surface area contributed by atoms with Crippen molar-refractivity contribution in [2.75, 3.05) is 4.90 Å². The zero-order chi connectivity index (χ0) is 38.1. The third kappa shape index (κ3) is 5.33. The van der Waals surface area contributed by atoms with Gasteiger partial charge in [0.15, 0.2) is 0 Å². The van der Waals surface area contributed by atoms with Crippen LogP contribution in [0.5, 0.6) is 0 Å². The highest BCUT2D eigenvalue weighted by Gasteiger charge is 2.36. The zero-order valence-electron chi connectivity index (χ0n) is 32.0. The predicted molar refractivity (Wildman–Crippen MR) is 243 cm³/mol. The molecule has 0 amide bonds. The summed E-state index contributed by atoms with van der Waals surface area (Å²) in [5.74, 6) is 0. The number of para-hydroxylation sites is 3. The zero-order valence-corrected chi connectivity index (χ0v) is 32.0. The topological polar surface area (TPSA) is 8.17 Å². The molecule has 57 heavy (non-hydrogen) atoms. The van der Waals surface area contributed by atoms with Crippen molar-refractivity contribution < 1.29 is 0 Å². The molecule has 0 unspecified atom stereocenters. The van der Waals surface area contributed by atoms with E-state index in [1.807, 2.05) is 0 Å². The minimum atomic E-state index is -0.144. The monoisotopic (exact) mass is 728 g/mol. The van der Waals surface area contributed by atoms with Gasteiger partial charge in [-0.2, -0.15) is 0 Å². The summed E-state index contributed by atoms with van der Waals surface area (Å²) in [5.41, 5.74) is 17.2. The standard InChI is InChI=1S/C55H40N2/c1-55(2)49-35-38(25-30-46(49)47-32-29-44(36-50(47)55)56(41-14-6-3-7-15-41)42-16-8-4-9-17-42)22-21-37-23-26-39(27-24-37)45-33-34-52-54-48(45)31-28-40-13-12-20-51(53(40)54)57(52)43-18-10-5-11-19-43/h3-36H,1-2H3. The van der Waals surface area contributed by atoms with Crippen molar-refractivity contribution in [2.24, 2.45) is 0 Å². The first-order valence-corrected chi connectivity index (χ1v) is 19.8. The fraction of sp³-hybridized carbons (Fsp3) is 0.0545. The van der Waals surface area contributed by atoms with Crippen molar-refractivity contribution in [3.63, 3.8) is 0 Å². The number of benzene rings is 9. The number of nitrogens with zero attached hydrogens (tertiary/aromatic N) is 2. The summed E-state index contributed by atoms with van der Waals surface area (Å²) in [5, 5.41) is 5.23. The molecule has 0 bridgehead atoms. The van der Waals surface area contributed by atoms with Crippen LogP contribution >= 0.6 is 0 Å². The van der Waals surface area contributed by atoms with Gasteiger partial charge in [-0.05, 0) is 116 Å². The van der Waals surface area contributed by atoms with E-state index in [1.54, 1.807) is 0 Å². The van der Waals surface area contributed by atoms with Crippen LogP contribution in [-0.4, -0.2) is 4.57 Å². The number of anilines is 3. The van der Waals surface area contributed by atoms with Gasteiger partial charge in [0.05, 0.1) is 11.0 Å². The van der Waals surface area contributed by atoms with E-state index in [1.165, 1.54) is 88.5 Å². The third-order valence-corrected chi connectivity index (χ3v) is 12.1. The molecule has 0 spiro atoms. The Kier molecular flexibility index (Phi) is 7.55. The maximum atomic E-state index is 2.41. The fourth-order valence-corrected chi connectivity index (χ4v) is 9.35. The molecular weight excluding hydrogens is 689 g/mol. The van der Waals surface area contributed by atoms with Gasteiger partial charge in [0.25, 0.3) is 0 Å². The van der Waals surface area contributed by atoms with Gasteiger partial charge in [-0.15, -0.1) is 0 Å². The van der Waals surface area contributed by atoms with Crippen LogP contribution in [0.4, 0.5) is 17.1 Å². The van der Waals surface area contributed by atoms with E-state index in [-0.39, 0.29) is 5.41 Å². The van der Waals surface area contributed by atoms with Crippen molar-refractivity contribution in [3.05, 3.63) is 216 Å². The molecule has 1 aliphatic carbocycles. The Bertz CT molecular complexity index is 3080. The van der Waals surface area contributed by atoms with E-state index in [4.69, 9.17) is 0 Å². The summed E-state index contributed by atoms with van der Waals surface area (Å²) in [7, 11) is 0. The minimum absolute atomic E-state index is 0.144. The molecule has 10 aromatic rings. The Balaban J connectivity index is 0.896. The van der Waals surface area contributed by atoms with E-state index < -0.39 is 0 Å². The van der Waals surface area contributed by atoms with Crippen LogP contribution in [0.25, 0.3) is 72.7 Å². The highest BCUT2D eigenvalue weighted by molar-refractivity contribution is 6.26. The highest BCUT2D eigenvalue weighted by atomic mass is 15.1. The summed E-state index contributed by atoms with van der Waals surface area (Å²) in [6.07, 6.45) is 4.49. The first-order chi connectivity index (χ1) is 28.0. The number of aromatic nitrogens is 1. The molecule has 0 aliphatic heterocycles. The fourth-order valence-electron chi connectivity index (χ4n) is 9.35. The molecule has 0 atom stereocenters. The van der Waals surface area contributed by atoms with Gasteiger partial charge in [0, 0.05) is 38.9 Å². The molecule has 270 valence electrons. The lowest BCUT2D eigenvalue weighted by Gasteiger charge is -2.28. The van der Waals surface area contributed by atoms with E-state index in [0.717, 1.165) is 11.4 Å². The number of hydrogen-bond donors (Lipinski definition) is 0. The maximum Gasteiger partial charge on any atom is 0.0547 e. The van der Waals surface area contributed by atoms with Crippen LogP contribution < -0.4 is 4.90 Å². The largest absolute Gasteiger partial charge is 0.310 e. The molecule has 0 N–H and O–H groups in total. The lowest BCUT2D eigenvalue weighted by Crippen LogP contribution is -2.16. The molecule has 0 saturated heterocycles. The second-order valence-corrected chi connectivity index (χ2v) is 15.8. The SMILES string of the molecule is CC1(C)c2cc(C=Cc3ccc(-c4ccc5c6c4ccc4cccc(c46)n5-c4ccccc4)cc3)ccc2-c2ccc(N(c3ccccc3)c3ccccc3)cc21. The molecule has 1 aromatic heterocycles. The van der Waals surface area contributed by atoms with Crippen molar-refractivity contribution in [1.29, 1.82) is 0 Å². The summed E-state index contributed by atoms with van der Waals surface area (Å²) in [4.78, 5) is 2.35. The molecule has 0 radical (unpaired) electrons. The molecule has 1 heterocycles. The van der Waals surface area contributed by atoms with Crippen molar-refractivity contribution in [3.8, 4) is 27.9 Å². The molecular formula is C55H40N2. The summed E-state index contributed by atoms with van der Waals surface area (Å²) in [6.45, 7) is 4.73. The second-order valence-electron chi connectivity index (χ2n) is 15.8. The van der Waals surface area contributed by atoms with Crippen LogP contribution in [0.2, 0.25) is 0 Å². The maximum absolute atomic E-state index is 2.41. The Morgan fingerprint density at radius 2 is 1.04 bits per heavy atom. The van der Waals surface area contributed by atoms with E-state index >= 15 is 0 Å². The van der Waals surface area contributed by atoms with Gasteiger partial charge in [-0.1, -0.05) is 159 Å². The van der Waals surface area contributed by atoms with Crippen LogP contribution in [-0.2, 0) is 5.41 Å².